The van der Waals surface area contributed by atoms with E-state index in [-0.39, 0.29) is 25.9 Å². The molecule has 9 heteroatoms. The van der Waals surface area contributed by atoms with E-state index in [9.17, 15) is 9.59 Å². The lowest BCUT2D eigenvalue weighted by Crippen LogP contribution is -2.20. The molecule has 0 aliphatic rings. The lowest BCUT2D eigenvalue weighted by Gasteiger charge is -2.14. The molecule has 0 saturated carbocycles. The molecule has 0 saturated heterocycles. The van der Waals surface area contributed by atoms with Crippen LogP contribution in [-0.4, -0.2) is 15.6 Å². The second-order valence-corrected chi connectivity index (χ2v) is 9.79. The van der Waals surface area contributed by atoms with Gasteiger partial charge in [-0.05, 0) is 79.4 Å². The van der Waals surface area contributed by atoms with Gasteiger partial charge >= 0.3 is 0 Å². The summed E-state index contributed by atoms with van der Waals surface area (Å²) in [5.74, 6) is 0.166. The number of benzene rings is 3. The first-order valence-corrected chi connectivity index (χ1v) is 12.5. The highest BCUT2D eigenvalue weighted by Gasteiger charge is 2.21. The van der Waals surface area contributed by atoms with Crippen LogP contribution in [-0.2, 0) is 22.3 Å². The van der Waals surface area contributed by atoms with Crippen LogP contribution in [0.4, 0.5) is 5.69 Å². The fourth-order valence-electron chi connectivity index (χ4n) is 4.60. The highest BCUT2D eigenvalue weighted by molar-refractivity contribution is 7.09. The molecule has 190 valence electrons. The number of halogens is 1. The van der Waals surface area contributed by atoms with Crippen LogP contribution >= 0.6 is 21.1 Å². The monoisotopic (exact) mass is 537 g/mol. The van der Waals surface area contributed by atoms with Crippen LogP contribution in [0.1, 0.15) is 29.4 Å². The van der Waals surface area contributed by atoms with Gasteiger partial charge in [0.1, 0.15) is 17.5 Å². The first-order chi connectivity index (χ1) is 17.8. The predicted molar refractivity (Wildman–Crippen MR) is 152 cm³/mol. The van der Waals surface area contributed by atoms with Crippen molar-refractivity contribution >= 4 is 54.5 Å². The predicted octanol–water partition coefficient (Wildman–Crippen LogP) is 6.44. The van der Waals surface area contributed by atoms with E-state index in [0.29, 0.717) is 38.3 Å². The number of anilines is 1. The van der Waals surface area contributed by atoms with E-state index in [2.05, 4.69) is 26.9 Å². The molecule has 2 aromatic heterocycles. The molecule has 1 N–H and O–H groups in total. The molecule has 0 radical (unpaired) electrons. The Labute approximate surface area is 222 Å². The Balaban J connectivity index is 0.00000336. The van der Waals surface area contributed by atoms with Crippen molar-refractivity contribution < 1.29 is 15.3 Å². The molecular weight excluding hydrogens is 509 g/mol. The Kier molecular flexibility index (Phi) is 6.86. The Morgan fingerprint density at radius 3 is 2.57 bits per heavy atom. The second kappa shape index (κ2) is 10.1. The van der Waals surface area contributed by atoms with E-state index >= 15 is 0 Å². The quantitative estimate of drug-likeness (QED) is 0.252. The topological polar surface area (TPSA) is 86.4 Å². The standard InChI is InChI=1S/C28H25ClN3O4P.H2/c1-15-10-19(11-16(2)17(15)3)30-24(33)13-18-6-4-7-20(12-18)32-22-9-5-8-21(29)25(22)27-26(28(32)34)23(14-35-37)36-31-27;/h4-12H,13-14,37H2,1-3H3,(H,30,33);1H/i;1+2. The number of hydrogen-bond acceptors (Lipinski definition) is 5. The number of nitrogens with zero attached hydrogens (tertiary/aromatic N) is 2. The minimum atomic E-state index is -0.310. The van der Waals surface area contributed by atoms with E-state index in [1.165, 1.54) is 5.56 Å². The van der Waals surface area contributed by atoms with Crippen LogP contribution < -0.4 is 10.9 Å². The molecule has 0 fully saturated rings. The number of carbonyl (C=O) groups is 1. The Bertz CT molecular complexity index is 1730. The highest BCUT2D eigenvalue weighted by Crippen LogP contribution is 2.32. The zero-order chi connectivity index (χ0) is 26.3. The number of hydrogen-bond donors (Lipinski definition) is 1. The number of carbonyl (C=O) groups excluding carboxylic acids is 1. The van der Waals surface area contributed by atoms with Crippen molar-refractivity contribution in [2.75, 3.05) is 5.32 Å². The van der Waals surface area contributed by atoms with Crippen molar-refractivity contribution in [3.8, 4) is 5.69 Å². The number of nitrogens with one attached hydrogen (secondary N) is 1. The van der Waals surface area contributed by atoms with Gasteiger partial charge in [-0.2, -0.15) is 0 Å². The molecule has 0 aliphatic carbocycles. The van der Waals surface area contributed by atoms with Gasteiger partial charge in [-0.15, -0.1) is 0 Å². The molecule has 1 atom stereocenters. The van der Waals surface area contributed by atoms with Gasteiger partial charge in [-0.25, -0.2) is 0 Å². The van der Waals surface area contributed by atoms with Gasteiger partial charge in [-0.1, -0.05) is 35.0 Å². The Hall–Kier alpha value is -3.51. The van der Waals surface area contributed by atoms with E-state index in [4.69, 9.17) is 20.6 Å². The molecule has 1 unspecified atom stereocenters. The molecule has 5 aromatic rings. The summed E-state index contributed by atoms with van der Waals surface area (Å²) in [7, 11) is 2.14. The first kappa shape index (κ1) is 25.2. The first-order valence-electron chi connectivity index (χ1n) is 11.7. The van der Waals surface area contributed by atoms with Crippen molar-refractivity contribution in [1.29, 1.82) is 0 Å². The minimum absolute atomic E-state index is 0. The normalized spacial score (nSPS) is 11.4. The van der Waals surface area contributed by atoms with Gasteiger partial charge < -0.3 is 14.4 Å². The molecule has 0 aliphatic heterocycles. The van der Waals surface area contributed by atoms with E-state index in [1.807, 2.05) is 56.3 Å². The van der Waals surface area contributed by atoms with Gasteiger partial charge in [0.2, 0.25) is 5.91 Å². The zero-order valence-electron chi connectivity index (χ0n) is 20.6. The maximum Gasteiger partial charge on any atom is 0.268 e. The minimum Gasteiger partial charge on any atom is -0.358 e. The average Bonchev–Trinajstić information content (AvgIpc) is 3.27. The van der Waals surface area contributed by atoms with Crippen LogP contribution in [0.3, 0.4) is 0 Å². The molecule has 0 bridgehead atoms. The summed E-state index contributed by atoms with van der Waals surface area (Å²) >= 11 is 6.56. The lowest BCUT2D eigenvalue weighted by molar-refractivity contribution is -0.115. The fraction of sp³-hybridized carbons (Fsp3) is 0.179. The van der Waals surface area contributed by atoms with E-state index < -0.39 is 0 Å². The van der Waals surface area contributed by atoms with Gasteiger partial charge in [-0.3, -0.25) is 14.2 Å². The number of aryl methyl sites for hydroxylation is 2. The lowest BCUT2D eigenvalue weighted by atomic mass is 10.0. The Morgan fingerprint density at radius 2 is 1.84 bits per heavy atom. The largest absolute Gasteiger partial charge is 0.358 e. The van der Waals surface area contributed by atoms with Crippen LogP contribution in [0.5, 0.6) is 0 Å². The summed E-state index contributed by atoms with van der Waals surface area (Å²) in [6, 6.07) is 16.6. The number of aromatic nitrogens is 2. The molecule has 3 aromatic carbocycles. The van der Waals surface area contributed by atoms with Crippen molar-refractivity contribution in [2.45, 2.75) is 33.8 Å². The third kappa shape index (κ3) is 4.66. The molecule has 5 rings (SSSR count). The summed E-state index contributed by atoms with van der Waals surface area (Å²) in [5.41, 5.74) is 6.25. The molecule has 0 spiro atoms. The molecule has 2 heterocycles. The smallest absolute Gasteiger partial charge is 0.268 e. The summed E-state index contributed by atoms with van der Waals surface area (Å²) < 4.78 is 12.1. The third-order valence-electron chi connectivity index (χ3n) is 6.61. The van der Waals surface area contributed by atoms with Crippen molar-refractivity contribution in [3.63, 3.8) is 0 Å². The zero-order valence-corrected chi connectivity index (χ0v) is 22.5. The number of fused-ring (bicyclic) bond motifs is 3. The third-order valence-corrected chi connectivity index (χ3v) is 7.09. The van der Waals surface area contributed by atoms with Crippen LogP contribution in [0.25, 0.3) is 27.5 Å². The summed E-state index contributed by atoms with van der Waals surface area (Å²) in [6.45, 7) is 6.18. The number of rotatable bonds is 6. The molecular formula is C28H27ClN3O4P. The maximum absolute atomic E-state index is 13.8. The molecule has 37 heavy (non-hydrogen) atoms. The SMILES string of the molecule is Cc1cc(NC(=O)Cc2cccc(-n3c(=O)c4c(COP)onc4c4c(Cl)cccc43)c2)cc(C)c1C.[3HH]. The summed E-state index contributed by atoms with van der Waals surface area (Å²) in [5, 5.41) is 8.46. The maximum atomic E-state index is 13.8. The van der Waals surface area contributed by atoms with Gasteiger partial charge in [0, 0.05) is 27.7 Å². The van der Waals surface area contributed by atoms with Crippen LogP contribution in [0.15, 0.2) is 63.9 Å². The highest BCUT2D eigenvalue weighted by atomic mass is 35.5. The number of amides is 1. The molecule has 1 amide bonds. The van der Waals surface area contributed by atoms with Gasteiger partial charge in [0.05, 0.1) is 17.0 Å². The second-order valence-electron chi connectivity index (χ2n) is 9.04. The van der Waals surface area contributed by atoms with Crippen molar-refractivity contribution in [3.05, 3.63) is 98.0 Å². The number of pyridine rings is 1. The van der Waals surface area contributed by atoms with Gasteiger partial charge in [0.15, 0.2) is 5.76 Å². The van der Waals surface area contributed by atoms with E-state index in [0.717, 1.165) is 22.4 Å². The van der Waals surface area contributed by atoms with Crippen LogP contribution in [0, 0.1) is 20.8 Å². The fourth-order valence-corrected chi connectivity index (χ4v) is 5.01. The average molecular weight is 538 g/mol. The van der Waals surface area contributed by atoms with Crippen LogP contribution in [0.2, 0.25) is 5.02 Å². The summed E-state index contributed by atoms with van der Waals surface area (Å²) in [6.07, 6.45) is 0.148. The van der Waals surface area contributed by atoms with Gasteiger partial charge in [0.25, 0.3) is 5.56 Å². The summed E-state index contributed by atoms with van der Waals surface area (Å²) in [4.78, 5) is 26.6. The van der Waals surface area contributed by atoms with E-state index in [1.54, 1.807) is 16.7 Å². The molecule has 7 nitrogen and oxygen atoms in total. The Morgan fingerprint density at radius 1 is 1.11 bits per heavy atom. The van der Waals surface area contributed by atoms with Crippen molar-refractivity contribution in [1.82, 2.24) is 9.72 Å². The van der Waals surface area contributed by atoms with Crippen molar-refractivity contribution in [2.24, 2.45) is 0 Å².